The average Bonchev–Trinajstić information content (AvgIpc) is 2.38. The first-order valence-electron chi connectivity index (χ1n) is 6.23. The lowest BCUT2D eigenvalue weighted by atomic mass is 10.0. The Morgan fingerprint density at radius 3 is 2.74 bits per heavy atom. The summed E-state index contributed by atoms with van der Waals surface area (Å²) in [5, 5.41) is 14.6. The highest BCUT2D eigenvalue weighted by molar-refractivity contribution is 7.89. The summed E-state index contributed by atoms with van der Waals surface area (Å²) in [5.74, 6) is 0. The van der Waals surface area contributed by atoms with Gasteiger partial charge in [-0.3, -0.25) is 0 Å². The molecule has 0 radical (unpaired) electrons. The SMILES string of the molecule is Nc1ccc(S(N)(=O)=O)cc1N1CCCCC1CO. The molecule has 1 fully saturated rings. The number of hydrogen-bond donors (Lipinski definition) is 3. The standard InChI is InChI=1S/C12H19N3O3S/c13-11-5-4-10(19(14,17)18)7-12(11)15-6-2-1-3-9(15)8-16/h4-5,7,9,16H,1-3,6,8,13H2,(H2,14,17,18). The third-order valence-electron chi connectivity index (χ3n) is 3.48. The van der Waals surface area contributed by atoms with E-state index < -0.39 is 10.0 Å². The number of hydrogen-bond acceptors (Lipinski definition) is 5. The molecule has 0 spiro atoms. The number of nitrogens with zero attached hydrogens (tertiary/aromatic N) is 1. The number of rotatable bonds is 3. The van der Waals surface area contributed by atoms with Gasteiger partial charge in [-0.2, -0.15) is 0 Å². The fourth-order valence-electron chi connectivity index (χ4n) is 2.46. The Kier molecular flexibility index (Phi) is 3.98. The van der Waals surface area contributed by atoms with Gasteiger partial charge in [0, 0.05) is 6.54 Å². The van der Waals surface area contributed by atoms with Crippen molar-refractivity contribution < 1.29 is 13.5 Å². The molecule has 0 bridgehead atoms. The lowest BCUT2D eigenvalue weighted by Crippen LogP contribution is -2.42. The summed E-state index contributed by atoms with van der Waals surface area (Å²) in [6, 6.07) is 4.40. The third kappa shape index (κ3) is 2.99. The molecule has 1 aliphatic heterocycles. The Balaban J connectivity index is 2.42. The summed E-state index contributed by atoms with van der Waals surface area (Å²) >= 11 is 0. The molecule has 1 aromatic carbocycles. The van der Waals surface area contributed by atoms with Gasteiger partial charge in [0.1, 0.15) is 0 Å². The number of sulfonamides is 1. The number of piperidine rings is 1. The number of benzene rings is 1. The molecular weight excluding hydrogens is 266 g/mol. The van der Waals surface area contributed by atoms with Crippen LogP contribution in [0.15, 0.2) is 23.1 Å². The Bertz CT molecular complexity index is 559. The summed E-state index contributed by atoms with van der Waals surface area (Å²) in [7, 11) is -3.75. The molecule has 5 N–H and O–H groups in total. The Hall–Kier alpha value is -1.31. The predicted molar refractivity (Wildman–Crippen MR) is 74.3 cm³/mol. The molecule has 1 unspecified atom stereocenters. The van der Waals surface area contributed by atoms with Gasteiger partial charge in [0.05, 0.1) is 28.9 Å². The Morgan fingerprint density at radius 2 is 2.11 bits per heavy atom. The summed E-state index contributed by atoms with van der Waals surface area (Å²) in [6.07, 6.45) is 2.92. The van der Waals surface area contributed by atoms with E-state index in [1.165, 1.54) is 18.2 Å². The molecule has 1 aliphatic rings. The van der Waals surface area contributed by atoms with Crippen molar-refractivity contribution >= 4 is 21.4 Å². The maximum absolute atomic E-state index is 11.4. The van der Waals surface area contributed by atoms with Crippen molar-refractivity contribution in [2.75, 3.05) is 23.8 Å². The lowest BCUT2D eigenvalue weighted by Gasteiger charge is -2.37. The smallest absolute Gasteiger partial charge is 0.238 e. The second-order valence-corrected chi connectivity index (χ2v) is 6.35. The molecule has 2 rings (SSSR count). The number of nitrogen functional groups attached to an aromatic ring is 1. The molecule has 7 heteroatoms. The molecule has 1 atom stereocenters. The summed E-state index contributed by atoms with van der Waals surface area (Å²) in [4.78, 5) is 2.01. The molecule has 0 aromatic heterocycles. The summed E-state index contributed by atoms with van der Waals surface area (Å²) in [5.41, 5.74) is 7.04. The van der Waals surface area contributed by atoms with E-state index in [4.69, 9.17) is 10.9 Å². The zero-order chi connectivity index (χ0) is 14.0. The van der Waals surface area contributed by atoms with Gasteiger partial charge in [-0.25, -0.2) is 13.6 Å². The van der Waals surface area contributed by atoms with E-state index >= 15 is 0 Å². The van der Waals surface area contributed by atoms with Crippen molar-refractivity contribution in [3.05, 3.63) is 18.2 Å². The van der Waals surface area contributed by atoms with Crippen LogP contribution in [0.25, 0.3) is 0 Å². The normalized spacial score (nSPS) is 20.5. The van der Waals surface area contributed by atoms with E-state index in [9.17, 15) is 13.5 Å². The highest BCUT2D eigenvalue weighted by Crippen LogP contribution is 2.31. The van der Waals surface area contributed by atoms with Crippen LogP contribution in [0.2, 0.25) is 0 Å². The van der Waals surface area contributed by atoms with Crippen molar-refractivity contribution in [3.8, 4) is 0 Å². The molecule has 6 nitrogen and oxygen atoms in total. The van der Waals surface area contributed by atoms with E-state index in [0.717, 1.165) is 25.8 Å². The Morgan fingerprint density at radius 1 is 1.37 bits per heavy atom. The topological polar surface area (TPSA) is 110 Å². The zero-order valence-corrected chi connectivity index (χ0v) is 11.4. The van der Waals surface area contributed by atoms with Gasteiger partial charge in [0.25, 0.3) is 0 Å². The lowest BCUT2D eigenvalue weighted by molar-refractivity contribution is 0.240. The molecule has 0 amide bonds. The van der Waals surface area contributed by atoms with Gasteiger partial charge < -0.3 is 15.7 Å². The zero-order valence-electron chi connectivity index (χ0n) is 10.6. The monoisotopic (exact) mass is 285 g/mol. The van der Waals surface area contributed by atoms with Crippen molar-refractivity contribution in [2.45, 2.75) is 30.2 Å². The van der Waals surface area contributed by atoms with Crippen molar-refractivity contribution in [1.82, 2.24) is 0 Å². The largest absolute Gasteiger partial charge is 0.397 e. The van der Waals surface area contributed by atoms with Crippen molar-refractivity contribution in [2.24, 2.45) is 5.14 Å². The fourth-order valence-corrected chi connectivity index (χ4v) is 2.99. The van der Waals surface area contributed by atoms with Gasteiger partial charge in [-0.1, -0.05) is 0 Å². The highest BCUT2D eigenvalue weighted by atomic mass is 32.2. The second kappa shape index (κ2) is 5.36. The van der Waals surface area contributed by atoms with Crippen molar-refractivity contribution in [3.63, 3.8) is 0 Å². The quantitative estimate of drug-likeness (QED) is 0.690. The van der Waals surface area contributed by atoms with Crippen LogP contribution in [0, 0.1) is 0 Å². The minimum Gasteiger partial charge on any atom is -0.397 e. The molecule has 1 saturated heterocycles. The predicted octanol–water partition coefficient (Wildman–Crippen LogP) is 0.267. The molecule has 19 heavy (non-hydrogen) atoms. The third-order valence-corrected chi connectivity index (χ3v) is 4.39. The van der Waals surface area contributed by atoms with E-state index in [0.29, 0.717) is 11.4 Å². The van der Waals surface area contributed by atoms with Gasteiger partial charge in [-0.15, -0.1) is 0 Å². The number of aliphatic hydroxyl groups is 1. The van der Waals surface area contributed by atoms with Crippen LogP contribution < -0.4 is 15.8 Å². The number of anilines is 2. The van der Waals surface area contributed by atoms with Crippen LogP contribution >= 0.6 is 0 Å². The maximum atomic E-state index is 11.4. The van der Waals surface area contributed by atoms with E-state index in [-0.39, 0.29) is 17.5 Å². The molecule has 106 valence electrons. The molecule has 0 aliphatic carbocycles. The van der Waals surface area contributed by atoms with Crippen LogP contribution in [0.5, 0.6) is 0 Å². The Labute approximate surface area is 113 Å². The van der Waals surface area contributed by atoms with Crippen LogP contribution in [-0.2, 0) is 10.0 Å². The second-order valence-electron chi connectivity index (χ2n) is 4.79. The minimum atomic E-state index is -3.75. The fraction of sp³-hybridized carbons (Fsp3) is 0.500. The van der Waals surface area contributed by atoms with Gasteiger partial charge in [0.15, 0.2) is 0 Å². The number of aliphatic hydroxyl groups excluding tert-OH is 1. The first-order chi connectivity index (χ1) is 8.93. The average molecular weight is 285 g/mol. The van der Waals surface area contributed by atoms with Crippen LogP contribution in [0.4, 0.5) is 11.4 Å². The first-order valence-corrected chi connectivity index (χ1v) is 7.78. The van der Waals surface area contributed by atoms with E-state index in [2.05, 4.69) is 0 Å². The van der Waals surface area contributed by atoms with E-state index in [1.807, 2.05) is 4.90 Å². The van der Waals surface area contributed by atoms with Gasteiger partial charge in [0.2, 0.25) is 10.0 Å². The van der Waals surface area contributed by atoms with Gasteiger partial charge in [-0.05, 0) is 37.5 Å². The highest BCUT2D eigenvalue weighted by Gasteiger charge is 2.24. The molecule has 1 heterocycles. The number of nitrogens with two attached hydrogens (primary N) is 2. The maximum Gasteiger partial charge on any atom is 0.238 e. The summed E-state index contributed by atoms with van der Waals surface area (Å²) in [6.45, 7) is 0.780. The first kappa shape index (κ1) is 14.1. The van der Waals surface area contributed by atoms with Crippen LogP contribution in [0.3, 0.4) is 0 Å². The molecular formula is C12H19N3O3S. The van der Waals surface area contributed by atoms with Crippen molar-refractivity contribution in [1.29, 1.82) is 0 Å². The van der Waals surface area contributed by atoms with Gasteiger partial charge >= 0.3 is 0 Å². The number of primary sulfonamides is 1. The molecule has 1 aromatic rings. The van der Waals surface area contributed by atoms with E-state index in [1.54, 1.807) is 0 Å². The minimum absolute atomic E-state index is 0.0215. The van der Waals surface area contributed by atoms with Crippen LogP contribution in [0.1, 0.15) is 19.3 Å². The molecule has 0 saturated carbocycles. The summed E-state index contributed by atoms with van der Waals surface area (Å²) < 4.78 is 22.8. The van der Waals surface area contributed by atoms with Crippen LogP contribution in [-0.4, -0.2) is 32.7 Å².